The van der Waals surface area contributed by atoms with Crippen LogP contribution in [-0.2, 0) is 20.8 Å². The summed E-state index contributed by atoms with van der Waals surface area (Å²) < 4.78 is 27.9. The first kappa shape index (κ1) is 14.7. The van der Waals surface area contributed by atoms with Crippen molar-refractivity contribution in [3.63, 3.8) is 0 Å². The standard InChI is InChI=1S/C13H16N2O4S/c1-10-14-12-7-4-3-6-11(12)13(16)15(10)8-5-9-19-20(2,17)18/h3-4,6-7H,5,8-9H2,1-2H3. The van der Waals surface area contributed by atoms with Crippen molar-refractivity contribution >= 4 is 21.0 Å². The van der Waals surface area contributed by atoms with Crippen molar-refractivity contribution in [2.45, 2.75) is 19.9 Å². The second-order valence-electron chi connectivity index (χ2n) is 4.51. The highest BCUT2D eigenvalue weighted by Crippen LogP contribution is 2.07. The summed E-state index contributed by atoms with van der Waals surface area (Å²) in [5.41, 5.74) is 0.547. The lowest BCUT2D eigenvalue weighted by Crippen LogP contribution is -2.24. The van der Waals surface area contributed by atoms with Gasteiger partial charge in [0.25, 0.3) is 15.7 Å². The van der Waals surface area contributed by atoms with Crippen molar-refractivity contribution in [2.24, 2.45) is 0 Å². The first-order valence-corrected chi connectivity index (χ1v) is 8.01. The fourth-order valence-corrected chi connectivity index (χ4v) is 2.40. The van der Waals surface area contributed by atoms with Gasteiger partial charge in [0, 0.05) is 6.54 Å². The highest BCUT2D eigenvalue weighted by molar-refractivity contribution is 7.85. The van der Waals surface area contributed by atoms with E-state index in [1.807, 2.05) is 6.07 Å². The molecular formula is C13H16N2O4S. The summed E-state index contributed by atoms with van der Waals surface area (Å²) in [6, 6.07) is 7.14. The molecule has 1 aromatic carbocycles. The third-order valence-electron chi connectivity index (χ3n) is 2.88. The first-order valence-electron chi connectivity index (χ1n) is 6.19. The van der Waals surface area contributed by atoms with Gasteiger partial charge in [0.15, 0.2) is 0 Å². The summed E-state index contributed by atoms with van der Waals surface area (Å²) in [6.45, 7) is 2.18. The Hall–Kier alpha value is -1.73. The van der Waals surface area contributed by atoms with Crippen molar-refractivity contribution in [2.75, 3.05) is 12.9 Å². The zero-order valence-corrected chi connectivity index (χ0v) is 12.2. The van der Waals surface area contributed by atoms with E-state index in [9.17, 15) is 13.2 Å². The molecule has 20 heavy (non-hydrogen) atoms. The Morgan fingerprint density at radius 2 is 2.00 bits per heavy atom. The number of hydrogen-bond donors (Lipinski definition) is 0. The minimum atomic E-state index is -3.44. The number of rotatable bonds is 5. The normalized spacial score (nSPS) is 11.9. The number of nitrogens with zero attached hydrogens (tertiary/aromatic N) is 2. The molecule has 0 unspecified atom stereocenters. The molecule has 0 spiro atoms. The molecule has 2 rings (SSSR count). The predicted octanol–water partition coefficient (Wildman–Crippen LogP) is 1.07. The van der Waals surface area contributed by atoms with E-state index in [2.05, 4.69) is 9.17 Å². The van der Waals surface area contributed by atoms with Gasteiger partial charge in [-0.15, -0.1) is 0 Å². The zero-order chi connectivity index (χ0) is 14.8. The van der Waals surface area contributed by atoms with Crippen LogP contribution < -0.4 is 5.56 Å². The summed E-state index contributed by atoms with van der Waals surface area (Å²) in [6.07, 6.45) is 1.43. The van der Waals surface area contributed by atoms with Crippen LogP contribution >= 0.6 is 0 Å². The molecule has 7 heteroatoms. The molecule has 108 valence electrons. The van der Waals surface area contributed by atoms with Crippen molar-refractivity contribution in [3.8, 4) is 0 Å². The van der Waals surface area contributed by atoms with E-state index >= 15 is 0 Å². The molecule has 0 aliphatic carbocycles. The molecule has 0 saturated carbocycles. The van der Waals surface area contributed by atoms with Gasteiger partial charge in [-0.2, -0.15) is 8.42 Å². The van der Waals surface area contributed by atoms with Crippen LogP contribution in [0.4, 0.5) is 0 Å². The van der Waals surface area contributed by atoms with Gasteiger partial charge in [0.05, 0.1) is 23.8 Å². The largest absolute Gasteiger partial charge is 0.296 e. The summed E-state index contributed by atoms with van der Waals surface area (Å²) in [7, 11) is -3.44. The highest BCUT2D eigenvalue weighted by Gasteiger charge is 2.08. The third-order valence-corrected chi connectivity index (χ3v) is 3.47. The molecule has 2 aromatic rings. The lowest BCUT2D eigenvalue weighted by molar-refractivity contribution is 0.305. The van der Waals surface area contributed by atoms with Gasteiger partial charge >= 0.3 is 0 Å². The van der Waals surface area contributed by atoms with Gasteiger partial charge in [-0.1, -0.05) is 12.1 Å². The Morgan fingerprint density at radius 1 is 1.30 bits per heavy atom. The van der Waals surface area contributed by atoms with E-state index in [-0.39, 0.29) is 12.2 Å². The van der Waals surface area contributed by atoms with Gasteiger partial charge in [0.1, 0.15) is 5.82 Å². The molecule has 0 aliphatic heterocycles. The molecule has 0 aliphatic rings. The first-order chi connectivity index (χ1) is 9.38. The van der Waals surface area contributed by atoms with Crippen molar-refractivity contribution in [1.29, 1.82) is 0 Å². The highest BCUT2D eigenvalue weighted by atomic mass is 32.2. The molecular weight excluding hydrogens is 280 g/mol. The van der Waals surface area contributed by atoms with E-state index in [4.69, 9.17) is 0 Å². The topological polar surface area (TPSA) is 78.3 Å². The van der Waals surface area contributed by atoms with E-state index in [0.29, 0.717) is 29.7 Å². The minimum Gasteiger partial charge on any atom is -0.296 e. The van der Waals surface area contributed by atoms with Crippen LogP contribution in [0.25, 0.3) is 10.9 Å². The van der Waals surface area contributed by atoms with Crippen LogP contribution in [0.5, 0.6) is 0 Å². The Morgan fingerprint density at radius 3 is 2.70 bits per heavy atom. The van der Waals surface area contributed by atoms with Crippen LogP contribution in [0.15, 0.2) is 29.1 Å². The molecule has 1 aromatic heterocycles. The van der Waals surface area contributed by atoms with Crippen LogP contribution in [-0.4, -0.2) is 30.8 Å². The molecule has 6 nitrogen and oxygen atoms in total. The Bertz CT molecular complexity index is 781. The van der Waals surface area contributed by atoms with E-state index in [1.54, 1.807) is 25.1 Å². The van der Waals surface area contributed by atoms with Crippen LogP contribution in [0.1, 0.15) is 12.2 Å². The second-order valence-corrected chi connectivity index (χ2v) is 6.16. The maximum Gasteiger partial charge on any atom is 0.264 e. The van der Waals surface area contributed by atoms with Gasteiger partial charge in [-0.05, 0) is 25.5 Å². The van der Waals surface area contributed by atoms with E-state index in [0.717, 1.165) is 6.26 Å². The third kappa shape index (κ3) is 3.43. The maximum absolute atomic E-state index is 12.3. The second kappa shape index (κ2) is 5.72. The van der Waals surface area contributed by atoms with E-state index in [1.165, 1.54) is 4.57 Å². The molecule has 1 heterocycles. The Balaban J connectivity index is 2.20. The average Bonchev–Trinajstić information content (AvgIpc) is 2.36. The lowest BCUT2D eigenvalue weighted by Gasteiger charge is -2.10. The Kier molecular flexibility index (Phi) is 4.20. The van der Waals surface area contributed by atoms with Crippen molar-refractivity contribution in [1.82, 2.24) is 9.55 Å². The van der Waals surface area contributed by atoms with Gasteiger partial charge in [-0.25, -0.2) is 4.98 Å². The smallest absolute Gasteiger partial charge is 0.264 e. The molecule has 0 saturated heterocycles. The SMILES string of the molecule is Cc1nc2ccccc2c(=O)n1CCCOS(C)(=O)=O. The predicted molar refractivity (Wildman–Crippen MR) is 76.2 cm³/mol. The fourth-order valence-electron chi connectivity index (χ4n) is 1.98. The number of aryl methyl sites for hydroxylation is 1. The summed E-state index contributed by atoms with van der Waals surface area (Å²) in [5.74, 6) is 0.605. The summed E-state index contributed by atoms with van der Waals surface area (Å²) in [5, 5.41) is 0.558. The maximum atomic E-state index is 12.3. The van der Waals surface area contributed by atoms with Gasteiger partial charge in [-0.3, -0.25) is 13.5 Å². The van der Waals surface area contributed by atoms with Crippen LogP contribution in [0.2, 0.25) is 0 Å². The van der Waals surface area contributed by atoms with Crippen LogP contribution in [0, 0.1) is 6.92 Å². The van der Waals surface area contributed by atoms with Crippen molar-refractivity contribution in [3.05, 3.63) is 40.4 Å². The number of fused-ring (bicyclic) bond motifs is 1. The van der Waals surface area contributed by atoms with E-state index < -0.39 is 10.1 Å². The number of hydrogen-bond acceptors (Lipinski definition) is 5. The number of benzene rings is 1. The van der Waals surface area contributed by atoms with Crippen molar-refractivity contribution < 1.29 is 12.6 Å². The molecule has 0 amide bonds. The quantitative estimate of drug-likeness (QED) is 0.609. The molecule has 0 bridgehead atoms. The summed E-state index contributed by atoms with van der Waals surface area (Å²) >= 11 is 0. The summed E-state index contributed by atoms with van der Waals surface area (Å²) in [4.78, 5) is 16.7. The lowest BCUT2D eigenvalue weighted by atomic mass is 10.2. The molecule has 0 fully saturated rings. The molecule has 0 N–H and O–H groups in total. The fraction of sp³-hybridized carbons (Fsp3) is 0.385. The minimum absolute atomic E-state index is 0.0531. The van der Waals surface area contributed by atoms with Crippen LogP contribution in [0.3, 0.4) is 0 Å². The van der Waals surface area contributed by atoms with Gasteiger partial charge in [0.2, 0.25) is 0 Å². The zero-order valence-electron chi connectivity index (χ0n) is 11.4. The average molecular weight is 296 g/mol. The molecule has 0 atom stereocenters. The number of aromatic nitrogens is 2. The number of para-hydroxylation sites is 1. The monoisotopic (exact) mass is 296 g/mol. The van der Waals surface area contributed by atoms with Gasteiger partial charge < -0.3 is 0 Å². The molecule has 0 radical (unpaired) electrons. The Labute approximate surface area is 117 Å².